The van der Waals surface area contributed by atoms with Crippen LogP contribution in [0.25, 0.3) is 0 Å². The zero-order valence-corrected chi connectivity index (χ0v) is 12.4. The molecule has 0 unspecified atom stereocenters. The summed E-state index contributed by atoms with van der Waals surface area (Å²) >= 11 is 0. The number of hydrogen-bond acceptors (Lipinski definition) is 0. The van der Waals surface area contributed by atoms with E-state index < -0.39 is 0 Å². The summed E-state index contributed by atoms with van der Waals surface area (Å²) < 4.78 is 0. The van der Waals surface area contributed by atoms with E-state index >= 15 is 0 Å². The molecular formula is C10H22Cd. The van der Waals surface area contributed by atoms with Gasteiger partial charge in [-0.1, -0.05) is 65.2 Å². The molecule has 0 saturated carbocycles. The molecule has 0 heterocycles. The first kappa shape index (κ1) is 14.4. The van der Waals surface area contributed by atoms with Gasteiger partial charge in [-0.05, 0) is 0 Å². The predicted molar refractivity (Wildman–Crippen MR) is 48.3 cm³/mol. The van der Waals surface area contributed by atoms with Gasteiger partial charge in [0, 0.05) is 27.3 Å². The molecule has 1 heteroatoms. The molecule has 64 valence electrons. The molecule has 0 aromatic rings. The van der Waals surface area contributed by atoms with Crippen molar-refractivity contribution in [2.75, 3.05) is 0 Å². The molecule has 0 spiro atoms. The van der Waals surface area contributed by atoms with Gasteiger partial charge in [0.15, 0.2) is 0 Å². The van der Waals surface area contributed by atoms with Crippen molar-refractivity contribution in [2.45, 2.75) is 65.2 Å². The van der Waals surface area contributed by atoms with Gasteiger partial charge < -0.3 is 0 Å². The third kappa shape index (κ3) is 13.9. The summed E-state index contributed by atoms with van der Waals surface area (Å²) in [6.45, 7) is 4.54. The molecule has 0 aromatic carbocycles. The van der Waals surface area contributed by atoms with E-state index in [0.29, 0.717) is 0 Å². The summed E-state index contributed by atoms with van der Waals surface area (Å²) in [6.07, 6.45) is 11.5. The molecule has 0 aliphatic rings. The standard InChI is InChI=1S/C10H22.Cd/c1-3-5-7-9-10-8-6-4-2;/h3-10H2,1-2H3;. The van der Waals surface area contributed by atoms with Crippen molar-refractivity contribution >= 4 is 0 Å². The van der Waals surface area contributed by atoms with Gasteiger partial charge in [0.1, 0.15) is 0 Å². The molecule has 0 saturated heterocycles. The van der Waals surface area contributed by atoms with Crippen LogP contribution in [0.4, 0.5) is 0 Å². The zero-order valence-electron chi connectivity index (χ0n) is 8.36. The molecule has 0 aromatic heterocycles. The Morgan fingerprint density at radius 2 is 0.818 bits per heavy atom. The van der Waals surface area contributed by atoms with Gasteiger partial charge in [0.05, 0.1) is 0 Å². The molecule has 0 nitrogen and oxygen atoms in total. The van der Waals surface area contributed by atoms with Crippen LogP contribution in [0.15, 0.2) is 0 Å². The van der Waals surface area contributed by atoms with Crippen molar-refractivity contribution in [3.05, 3.63) is 0 Å². The second-order valence-electron chi connectivity index (χ2n) is 3.12. The molecule has 0 aliphatic heterocycles. The summed E-state index contributed by atoms with van der Waals surface area (Å²) in [5.74, 6) is 0. The first-order valence-corrected chi connectivity index (χ1v) is 4.91. The molecule has 0 radical (unpaired) electrons. The molecule has 0 fully saturated rings. The molecule has 0 atom stereocenters. The van der Waals surface area contributed by atoms with Crippen LogP contribution in [-0.4, -0.2) is 0 Å². The van der Waals surface area contributed by atoms with E-state index in [0.717, 1.165) is 0 Å². The van der Waals surface area contributed by atoms with Gasteiger partial charge in [-0.15, -0.1) is 0 Å². The zero-order chi connectivity index (χ0) is 7.66. The van der Waals surface area contributed by atoms with Crippen molar-refractivity contribution in [1.82, 2.24) is 0 Å². The molecule has 0 rings (SSSR count). The quantitative estimate of drug-likeness (QED) is 0.473. The van der Waals surface area contributed by atoms with Crippen LogP contribution in [0, 0.1) is 0 Å². The van der Waals surface area contributed by atoms with Crippen LogP contribution in [0.3, 0.4) is 0 Å². The van der Waals surface area contributed by atoms with Crippen molar-refractivity contribution in [1.29, 1.82) is 0 Å². The van der Waals surface area contributed by atoms with Gasteiger partial charge in [-0.25, -0.2) is 0 Å². The SMILES string of the molecule is CCCCCCCCCC.[Cd]. The van der Waals surface area contributed by atoms with Gasteiger partial charge in [0.25, 0.3) is 0 Å². The molecule has 0 amide bonds. The maximum absolute atomic E-state index is 2.27. The smallest absolute Gasteiger partial charge is 0 e. The third-order valence-corrected chi connectivity index (χ3v) is 1.96. The molecule has 0 aliphatic carbocycles. The number of rotatable bonds is 7. The molecule has 11 heavy (non-hydrogen) atoms. The first-order chi connectivity index (χ1) is 4.91. The third-order valence-electron chi connectivity index (χ3n) is 1.96. The Bertz CT molecular complexity index is 44.8. The normalized spacial score (nSPS) is 9.27. The van der Waals surface area contributed by atoms with E-state index in [9.17, 15) is 0 Å². The van der Waals surface area contributed by atoms with Gasteiger partial charge in [-0.2, -0.15) is 0 Å². The Labute approximate surface area is 92.3 Å². The monoisotopic (exact) mass is 256 g/mol. The molecule has 0 bridgehead atoms. The second kappa shape index (κ2) is 13.5. The van der Waals surface area contributed by atoms with E-state index in [-0.39, 0.29) is 27.3 Å². The fourth-order valence-corrected chi connectivity index (χ4v) is 1.21. The molecule has 0 N–H and O–H groups in total. The summed E-state index contributed by atoms with van der Waals surface area (Å²) in [4.78, 5) is 0. The van der Waals surface area contributed by atoms with E-state index in [2.05, 4.69) is 13.8 Å². The van der Waals surface area contributed by atoms with Crippen LogP contribution in [0.5, 0.6) is 0 Å². The first-order valence-electron chi connectivity index (χ1n) is 4.91. The van der Waals surface area contributed by atoms with Gasteiger partial charge >= 0.3 is 0 Å². The van der Waals surface area contributed by atoms with Crippen molar-refractivity contribution in [3.63, 3.8) is 0 Å². The van der Waals surface area contributed by atoms with Crippen LogP contribution in [-0.2, 0) is 27.3 Å². The minimum Gasteiger partial charge on any atom is -0.0654 e. The van der Waals surface area contributed by atoms with E-state index in [1.54, 1.807) is 0 Å². The van der Waals surface area contributed by atoms with Crippen LogP contribution in [0.1, 0.15) is 65.2 Å². The van der Waals surface area contributed by atoms with Crippen molar-refractivity contribution in [2.24, 2.45) is 0 Å². The Kier molecular flexibility index (Phi) is 17.7. The fraction of sp³-hybridized carbons (Fsp3) is 1.00. The summed E-state index contributed by atoms with van der Waals surface area (Å²) in [6, 6.07) is 0. The average molecular weight is 255 g/mol. The van der Waals surface area contributed by atoms with Crippen LogP contribution >= 0.6 is 0 Å². The maximum atomic E-state index is 2.27. The minimum atomic E-state index is 0. The summed E-state index contributed by atoms with van der Waals surface area (Å²) in [5, 5.41) is 0. The van der Waals surface area contributed by atoms with Crippen LogP contribution < -0.4 is 0 Å². The van der Waals surface area contributed by atoms with E-state index in [1.807, 2.05) is 0 Å². The predicted octanol–water partition coefficient (Wildman–Crippen LogP) is 4.14. The van der Waals surface area contributed by atoms with Gasteiger partial charge in [-0.3, -0.25) is 0 Å². The van der Waals surface area contributed by atoms with E-state index in [4.69, 9.17) is 0 Å². The Morgan fingerprint density at radius 1 is 0.545 bits per heavy atom. The van der Waals surface area contributed by atoms with Gasteiger partial charge in [0.2, 0.25) is 0 Å². The largest absolute Gasteiger partial charge is 0.0654 e. The second-order valence-corrected chi connectivity index (χ2v) is 3.12. The summed E-state index contributed by atoms with van der Waals surface area (Å²) in [5.41, 5.74) is 0. The minimum absolute atomic E-state index is 0. The fourth-order valence-electron chi connectivity index (χ4n) is 1.21. The number of unbranched alkanes of at least 4 members (excludes halogenated alkanes) is 7. The van der Waals surface area contributed by atoms with Crippen molar-refractivity contribution in [3.8, 4) is 0 Å². The Balaban J connectivity index is 0. The Morgan fingerprint density at radius 3 is 1.09 bits per heavy atom. The van der Waals surface area contributed by atoms with E-state index in [1.165, 1.54) is 51.4 Å². The Hall–Kier alpha value is 0.922. The molecular weight excluding hydrogens is 233 g/mol. The van der Waals surface area contributed by atoms with Crippen molar-refractivity contribution < 1.29 is 27.3 Å². The number of hydrogen-bond donors (Lipinski definition) is 0. The van der Waals surface area contributed by atoms with Crippen LogP contribution in [0.2, 0.25) is 0 Å². The average Bonchev–Trinajstić information content (AvgIpc) is 1.97. The topological polar surface area (TPSA) is 0 Å². The summed E-state index contributed by atoms with van der Waals surface area (Å²) in [7, 11) is 0. The maximum Gasteiger partial charge on any atom is 0 e.